The molecule has 0 aliphatic carbocycles. The van der Waals surface area contributed by atoms with E-state index in [9.17, 15) is 4.79 Å². The molecule has 0 saturated carbocycles. The Labute approximate surface area is 145 Å². The van der Waals surface area contributed by atoms with Gasteiger partial charge in [0.2, 0.25) is 5.91 Å². The van der Waals surface area contributed by atoms with Gasteiger partial charge in [0.05, 0.1) is 24.3 Å². The van der Waals surface area contributed by atoms with Crippen LogP contribution in [0.1, 0.15) is 37.6 Å². The number of nitrogens with one attached hydrogen (secondary N) is 1. The smallest absolute Gasteiger partial charge is 0.223 e. The van der Waals surface area contributed by atoms with Crippen molar-refractivity contribution in [3.8, 4) is 0 Å². The van der Waals surface area contributed by atoms with Crippen molar-refractivity contribution in [1.29, 1.82) is 0 Å². The Morgan fingerprint density at radius 3 is 2.50 bits per heavy atom. The molecule has 3 N–H and O–H groups in total. The highest BCUT2D eigenvalue weighted by molar-refractivity contribution is 5.85. The molecule has 1 aromatic rings. The van der Waals surface area contributed by atoms with E-state index >= 15 is 0 Å². The number of methoxy groups -OCH3 is 1. The number of amides is 1. The van der Waals surface area contributed by atoms with Crippen molar-refractivity contribution in [2.24, 2.45) is 11.7 Å². The Kier molecular flexibility index (Phi) is 12.4. The highest BCUT2D eigenvalue weighted by atomic mass is 35.5. The number of pyridine rings is 1. The van der Waals surface area contributed by atoms with E-state index in [0.29, 0.717) is 6.54 Å². The maximum absolute atomic E-state index is 12.1. The van der Waals surface area contributed by atoms with E-state index in [1.54, 1.807) is 13.3 Å². The predicted octanol–water partition coefficient (Wildman–Crippen LogP) is 2.41. The van der Waals surface area contributed by atoms with Gasteiger partial charge in [0.1, 0.15) is 0 Å². The molecule has 1 amide bonds. The van der Waals surface area contributed by atoms with Crippen molar-refractivity contribution >= 4 is 30.7 Å². The summed E-state index contributed by atoms with van der Waals surface area (Å²) < 4.78 is 5.14. The lowest BCUT2D eigenvalue weighted by Crippen LogP contribution is -2.36. The van der Waals surface area contributed by atoms with Crippen LogP contribution in [0.4, 0.5) is 0 Å². The molecular weight excluding hydrogens is 325 g/mol. The van der Waals surface area contributed by atoms with Gasteiger partial charge in [-0.3, -0.25) is 9.78 Å². The second-order valence-electron chi connectivity index (χ2n) is 5.29. The second kappa shape index (κ2) is 11.7. The summed E-state index contributed by atoms with van der Waals surface area (Å²) in [5.74, 6) is 0.192. The van der Waals surface area contributed by atoms with Crippen LogP contribution in [0.15, 0.2) is 18.3 Å². The number of hydrogen-bond donors (Lipinski definition) is 2. The average Bonchev–Trinajstić information content (AvgIpc) is 2.43. The van der Waals surface area contributed by atoms with Gasteiger partial charge in [-0.05, 0) is 24.5 Å². The van der Waals surface area contributed by atoms with Gasteiger partial charge in [-0.2, -0.15) is 0 Å². The number of carbonyl (C=O) groups excluding carboxylic acids is 1. The number of carbonyl (C=O) groups is 1. The minimum absolute atomic E-state index is 0. The zero-order valence-electron chi connectivity index (χ0n) is 13.5. The van der Waals surface area contributed by atoms with Gasteiger partial charge in [-0.15, -0.1) is 24.8 Å². The molecule has 1 heterocycles. The van der Waals surface area contributed by atoms with Crippen LogP contribution in [-0.2, 0) is 9.53 Å². The molecule has 22 heavy (non-hydrogen) atoms. The van der Waals surface area contributed by atoms with E-state index in [1.807, 2.05) is 19.1 Å². The van der Waals surface area contributed by atoms with E-state index in [1.165, 1.54) is 0 Å². The monoisotopic (exact) mass is 351 g/mol. The third-order valence-corrected chi connectivity index (χ3v) is 3.34. The van der Waals surface area contributed by atoms with E-state index < -0.39 is 0 Å². The molecule has 0 radical (unpaired) electrons. The summed E-state index contributed by atoms with van der Waals surface area (Å²) in [7, 11) is 1.56. The van der Waals surface area contributed by atoms with E-state index in [2.05, 4.69) is 24.1 Å². The maximum atomic E-state index is 12.1. The molecule has 0 aliphatic heterocycles. The Hall–Kier alpha value is -0.880. The Morgan fingerprint density at radius 2 is 2.05 bits per heavy atom. The van der Waals surface area contributed by atoms with Crippen LogP contribution in [0.25, 0.3) is 0 Å². The molecule has 1 aromatic heterocycles. The summed E-state index contributed by atoms with van der Waals surface area (Å²) in [6, 6.07) is 3.80. The first-order valence-electron chi connectivity index (χ1n) is 6.93. The number of hydrogen-bond acceptors (Lipinski definition) is 4. The standard InChI is InChI=1S/C15H25N3O2.2ClH/c1-10(2)14(15-11(3)6-5-7-17-15)18-13(19)8-12(9-16)20-4;;/h5-7,10,12,14H,8-9,16H2,1-4H3,(H,18,19);2*1H. The number of ether oxygens (including phenoxy) is 1. The van der Waals surface area contributed by atoms with Gasteiger partial charge < -0.3 is 15.8 Å². The van der Waals surface area contributed by atoms with Gasteiger partial charge >= 0.3 is 0 Å². The fourth-order valence-corrected chi connectivity index (χ4v) is 2.08. The zero-order chi connectivity index (χ0) is 15.1. The second-order valence-corrected chi connectivity index (χ2v) is 5.29. The molecule has 5 nitrogen and oxygen atoms in total. The first kappa shape index (κ1) is 23.4. The quantitative estimate of drug-likeness (QED) is 0.790. The van der Waals surface area contributed by atoms with Crippen molar-refractivity contribution in [3.05, 3.63) is 29.6 Å². The van der Waals surface area contributed by atoms with Crippen LogP contribution in [0, 0.1) is 12.8 Å². The van der Waals surface area contributed by atoms with Crippen molar-refractivity contribution < 1.29 is 9.53 Å². The van der Waals surface area contributed by atoms with E-state index in [0.717, 1.165) is 11.3 Å². The minimum Gasteiger partial charge on any atom is -0.380 e. The Balaban J connectivity index is 0. The Morgan fingerprint density at radius 1 is 1.41 bits per heavy atom. The average molecular weight is 352 g/mol. The number of halogens is 2. The van der Waals surface area contributed by atoms with Crippen LogP contribution < -0.4 is 11.1 Å². The lowest BCUT2D eigenvalue weighted by molar-refractivity contribution is -0.124. The summed E-state index contributed by atoms with van der Waals surface area (Å²) in [4.78, 5) is 16.5. The topological polar surface area (TPSA) is 77.2 Å². The molecular formula is C15H27Cl2N3O2. The lowest BCUT2D eigenvalue weighted by atomic mass is 9.97. The first-order valence-corrected chi connectivity index (χ1v) is 6.93. The molecule has 7 heteroatoms. The van der Waals surface area contributed by atoms with Gasteiger partial charge in [-0.1, -0.05) is 19.9 Å². The minimum atomic E-state index is -0.243. The number of aryl methyl sites for hydroxylation is 1. The molecule has 0 fully saturated rings. The van der Waals surface area contributed by atoms with Gasteiger partial charge in [0.15, 0.2) is 0 Å². The molecule has 2 unspecified atom stereocenters. The molecule has 1 rings (SSSR count). The lowest BCUT2D eigenvalue weighted by Gasteiger charge is -2.24. The summed E-state index contributed by atoms with van der Waals surface area (Å²) in [5.41, 5.74) is 7.53. The van der Waals surface area contributed by atoms with Crippen LogP contribution in [-0.4, -0.2) is 30.6 Å². The normalized spacial score (nSPS) is 12.8. The molecule has 128 valence electrons. The first-order chi connectivity index (χ1) is 9.49. The maximum Gasteiger partial charge on any atom is 0.223 e. The van der Waals surface area contributed by atoms with Crippen LogP contribution in [0.5, 0.6) is 0 Å². The van der Waals surface area contributed by atoms with E-state index in [-0.39, 0.29) is 55.2 Å². The fraction of sp³-hybridized carbons (Fsp3) is 0.600. The molecule has 0 spiro atoms. The van der Waals surface area contributed by atoms with Crippen molar-refractivity contribution in [2.45, 2.75) is 39.3 Å². The molecule has 0 aliphatic rings. The largest absolute Gasteiger partial charge is 0.380 e. The van der Waals surface area contributed by atoms with Gasteiger partial charge in [0.25, 0.3) is 0 Å². The number of rotatable bonds is 7. The third-order valence-electron chi connectivity index (χ3n) is 3.34. The zero-order valence-corrected chi connectivity index (χ0v) is 15.2. The van der Waals surface area contributed by atoms with Crippen molar-refractivity contribution in [3.63, 3.8) is 0 Å². The highest BCUT2D eigenvalue weighted by Crippen LogP contribution is 2.22. The fourth-order valence-electron chi connectivity index (χ4n) is 2.08. The summed E-state index contributed by atoms with van der Waals surface area (Å²) >= 11 is 0. The predicted molar refractivity (Wildman–Crippen MR) is 93.7 cm³/mol. The summed E-state index contributed by atoms with van der Waals surface area (Å²) in [6.45, 7) is 6.46. The molecule has 0 aromatic carbocycles. The summed E-state index contributed by atoms with van der Waals surface area (Å²) in [6.07, 6.45) is 1.77. The summed E-state index contributed by atoms with van der Waals surface area (Å²) in [5, 5.41) is 3.04. The van der Waals surface area contributed by atoms with Crippen molar-refractivity contribution in [2.75, 3.05) is 13.7 Å². The number of aromatic nitrogens is 1. The van der Waals surface area contributed by atoms with Gasteiger partial charge in [-0.25, -0.2) is 0 Å². The van der Waals surface area contributed by atoms with Crippen LogP contribution in [0.2, 0.25) is 0 Å². The molecule has 2 atom stereocenters. The van der Waals surface area contributed by atoms with E-state index in [4.69, 9.17) is 10.5 Å². The third kappa shape index (κ3) is 6.92. The van der Waals surface area contributed by atoms with Gasteiger partial charge in [0, 0.05) is 19.9 Å². The molecule has 0 saturated heterocycles. The molecule has 0 bridgehead atoms. The SMILES string of the molecule is COC(CN)CC(=O)NC(c1ncccc1C)C(C)C.Cl.Cl. The Bertz CT molecular complexity index is 441. The van der Waals surface area contributed by atoms with Crippen LogP contribution in [0.3, 0.4) is 0 Å². The van der Waals surface area contributed by atoms with Crippen molar-refractivity contribution in [1.82, 2.24) is 10.3 Å². The highest BCUT2D eigenvalue weighted by Gasteiger charge is 2.22. The van der Waals surface area contributed by atoms with Crippen LogP contribution >= 0.6 is 24.8 Å². The number of nitrogens with zero attached hydrogens (tertiary/aromatic N) is 1. The number of nitrogens with two attached hydrogens (primary N) is 1.